The second kappa shape index (κ2) is 7.89. The minimum Gasteiger partial charge on any atom is -0.480 e. The predicted octanol–water partition coefficient (Wildman–Crippen LogP) is -0.273. The summed E-state index contributed by atoms with van der Waals surface area (Å²) in [5, 5.41) is 9.02. The van der Waals surface area contributed by atoms with Crippen molar-refractivity contribution >= 4 is 16.2 Å². The number of ether oxygens (including phenoxy) is 1. The van der Waals surface area contributed by atoms with Crippen molar-refractivity contribution in [3.63, 3.8) is 0 Å². The number of hydrogen-bond acceptors (Lipinski definition) is 5. The van der Waals surface area contributed by atoms with Crippen molar-refractivity contribution in [3.05, 3.63) is 0 Å². The van der Waals surface area contributed by atoms with E-state index in [1.54, 1.807) is 0 Å². The molecule has 2 aliphatic rings. The molecule has 0 aromatic rings. The Hall–Kier alpha value is -0.740. The average molecular weight is 349 g/mol. The van der Waals surface area contributed by atoms with Crippen LogP contribution in [0.1, 0.15) is 25.7 Å². The fourth-order valence-corrected chi connectivity index (χ4v) is 3.88. The molecule has 0 atom stereocenters. The molecule has 0 aromatic carbocycles. The minimum absolute atomic E-state index is 0.0361. The quantitative estimate of drug-likeness (QED) is 0.533. The molecule has 2 rings (SSSR count). The summed E-state index contributed by atoms with van der Waals surface area (Å²) in [5.74, 6) is -0.209. The molecule has 23 heavy (non-hydrogen) atoms. The van der Waals surface area contributed by atoms with E-state index < -0.39 is 16.2 Å². The zero-order valence-electron chi connectivity index (χ0n) is 13.8. The highest BCUT2D eigenvalue weighted by molar-refractivity contribution is 7.87. The molecule has 0 saturated heterocycles. The van der Waals surface area contributed by atoms with Crippen LogP contribution < -0.4 is 4.72 Å². The first-order valence-corrected chi connectivity index (χ1v) is 9.44. The van der Waals surface area contributed by atoms with E-state index >= 15 is 0 Å². The lowest BCUT2D eigenvalue weighted by atomic mass is 9.86. The molecule has 2 fully saturated rings. The second-order valence-electron chi connectivity index (χ2n) is 6.53. The van der Waals surface area contributed by atoms with Gasteiger partial charge in [-0.1, -0.05) is 0 Å². The van der Waals surface area contributed by atoms with Gasteiger partial charge in [-0.15, -0.1) is 0 Å². The third-order valence-corrected chi connectivity index (χ3v) is 6.13. The van der Waals surface area contributed by atoms with Gasteiger partial charge in [0.15, 0.2) is 0 Å². The first-order chi connectivity index (χ1) is 10.8. The second-order valence-corrected chi connectivity index (χ2v) is 8.34. The van der Waals surface area contributed by atoms with Crippen molar-refractivity contribution in [2.45, 2.75) is 37.8 Å². The van der Waals surface area contributed by atoms with Gasteiger partial charge in [0.05, 0.1) is 13.2 Å². The van der Waals surface area contributed by atoms with Crippen molar-refractivity contribution in [2.24, 2.45) is 5.92 Å². The van der Waals surface area contributed by atoms with Crippen LogP contribution in [0, 0.1) is 5.92 Å². The first-order valence-electron chi connectivity index (χ1n) is 8.00. The number of carbonyl (C=O) groups is 1. The number of likely N-dealkylation sites (N-methyl/N-ethyl adjacent to an activating group) is 1. The molecule has 0 aliphatic heterocycles. The molecule has 0 bridgehead atoms. The molecule has 8 nitrogen and oxygen atoms in total. The molecule has 2 N–H and O–H groups in total. The van der Waals surface area contributed by atoms with Crippen LogP contribution in [0.4, 0.5) is 0 Å². The number of aliphatic carboxylic acids is 1. The Morgan fingerprint density at radius 2 is 2.00 bits per heavy atom. The largest absolute Gasteiger partial charge is 0.480 e. The maximum atomic E-state index is 12.1. The van der Waals surface area contributed by atoms with Crippen LogP contribution in [0.15, 0.2) is 0 Å². The van der Waals surface area contributed by atoms with Crippen LogP contribution in [0.3, 0.4) is 0 Å². The van der Waals surface area contributed by atoms with Crippen molar-refractivity contribution in [1.82, 2.24) is 13.9 Å². The van der Waals surface area contributed by atoms with E-state index in [9.17, 15) is 13.2 Å². The van der Waals surface area contributed by atoms with E-state index in [0.29, 0.717) is 31.9 Å². The van der Waals surface area contributed by atoms with Gasteiger partial charge in [-0.3, -0.25) is 9.69 Å². The number of carboxylic acids is 1. The Balaban J connectivity index is 1.78. The van der Waals surface area contributed by atoms with Crippen molar-refractivity contribution in [1.29, 1.82) is 0 Å². The predicted molar refractivity (Wildman–Crippen MR) is 85.3 cm³/mol. The lowest BCUT2D eigenvalue weighted by Gasteiger charge is -2.42. The molecule has 0 amide bonds. The summed E-state index contributed by atoms with van der Waals surface area (Å²) in [5.41, 5.74) is 0. The number of nitrogens with zero attached hydrogens (tertiary/aromatic N) is 2. The number of carboxylic acid groups (broad SMARTS) is 1. The van der Waals surface area contributed by atoms with Gasteiger partial charge in [0.2, 0.25) is 0 Å². The number of methoxy groups -OCH3 is 1. The minimum atomic E-state index is -3.51. The molecule has 0 heterocycles. The third-order valence-electron chi connectivity index (χ3n) is 4.49. The van der Waals surface area contributed by atoms with Crippen molar-refractivity contribution in [3.8, 4) is 0 Å². The van der Waals surface area contributed by atoms with E-state index in [-0.39, 0.29) is 18.6 Å². The monoisotopic (exact) mass is 349 g/mol. The molecule has 0 spiro atoms. The summed E-state index contributed by atoms with van der Waals surface area (Å²) < 4.78 is 33.1. The van der Waals surface area contributed by atoms with Gasteiger partial charge >= 0.3 is 5.97 Å². The van der Waals surface area contributed by atoms with E-state index in [1.165, 1.54) is 31.3 Å². The number of hydrogen-bond donors (Lipinski definition) is 2. The molecule has 0 unspecified atom stereocenters. The van der Waals surface area contributed by atoms with Gasteiger partial charge in [0, 0.05) is 39.3 Å². The Labute approximate surface area is 138 Å². The van der Waals surface area contributed by atoms with Crippen LogP contribution in [-0.2, 0) is 19.7 Å². The van der Waals surface area contributed by atoms with Crippen LogP contribution in [0.5, 0.6) is 0 Å². The standard InChI is InChI=1S/C14H27N3O5S/c1-16(5-6-22-2)23(20,21)15-12-7-13(8-12)17(10-14(18)19)9-11-3-4-11/h11-13,15H,3-10H2,1-2H3,(H,18,19). The Kier molecular flexibility index (Phi) is 6.38. The maximum absolute atomic E-state index is 12.1. The summed E-state index contributed by atoms with van der Waals surface area (Å²) in [6.07, 6.45) is 3.67. The molecule has 0 aromatic heterocycles. The molecule has 2 saturated carbocycles. The summed E-state index contributed by atoms with van der Waals surface area (Å²) in [7, 11) is -0.463. The van der Waals surface area contributed by atoms with Crippen molar-refractivity contribution in [2.75, 3.05) is 40.4 Å². The van der Waals surface area contributed by atoms with Crippen molar-refractivity contribution < 1.29 is 23.1 Å². The van der Waals surface area contributed by atoms with Gasteiger partial charge in [-0.25, -0.2) is 0 Å². The highest BCUT2D eigenvalue weighted by atomic mass is 32.2. The van der Waals surface area contributed by atoms with Gasteiger partial charge in [0.25, 0.3) is 10.2 Å². The number of nitrogens with one attached hydrogen (secondary N) is 1. The molecule has 134 valence electrons. The zero-order chi connectivity index (χ0) is 17.0. The van der Waals surface area contributed by atoms with E-state index in [2.05, 4.69) is 4.72 Å². The molecule has 2 aliphatic carbocycles. The van der Waals surface area contributed by atoms with E-state index in [4.69, 9.17) is 9.84 Å². The van der Waals surface area contributed by atoms with Crippen LogP contribution >= 0.6 is 0 Å². The average Bonchev–Trinajstić information content (AvgIpc) is 3.22. The number of rotatable bonds is 11. The smallest absolute Gasteiger partial charge is 0.317 e. The third kappa shape index (κ3) is 5.68. The lowest BCUT2D eigenvalue weighted by molar-refractivity contribution is -0.139. The highest BCUT2D eigenvalue weighted by Gasteiger charge is 2.39. The Morgan fingerprint density at radius 1 is 1.35 bits per heavy atom. The van der Waals surface area contributed by atoms with Crippen LogP contribution in [-0.4, -0.2) is 81.2 Å². The Bertz CT molecular complexity index is 503. The molecule has 9 heteroatoms. The highest BCUT2D eigenvalue weighted by Crippen LogP contribution is 2.33. The Morgan fingerprint density at radius 3 is 2.52 bits per heavy atom. The van der Waals surface area contributed by atoms with Crippen LogP contribution in [0.25, 0.3) is 0 Å². The van der Waals surface area contributed by atoms with Crippen LogP contribution in [0.2, 0.25) is 0 Å². The summed E-state index contributed by atoms with van der Waals surface area (Å²) in [4.78, 5) is 13.0. The topological polar surface area (TPSA) is 99.2 Å². The molecular weight excluding hydrogens is 322 g/mol. The SMILES string of the molecule is COCCN(C)S(=O)(=O)NC1CC(N(CC(=O)O)CC2CC2)C1. The van der Waals surface area contributed by atoms with Gasteiger partial charge < -0.3 is 9.84 Å². The first kappa shape index (κ1) is 18.6. The summed E-state index contributed by atoms with van der Waals surface area (Å²) in [6, 6.07) is 0.0363. The lowest BCUT2D eigenvalue weighted by Crippen LogP contribution is -2.57. The summed E-state index contributed by atoms with van der Waals surface area (Å²) >= 11 is 0. The fraction of sp³-hybridized carbons (Fsp3) is 0.929. The summed E-state index contributed by atoms with van der Waals surface area (Å²) in [6.45, 7) is 1.49. The van der Waals surface area contributed by atoms with Gasteiger partial charge in [-0.05, 0) is 31.6 Å². The zero-order valence-corrected chi connectivity index (χ0v) is 14.6. The normalized spacial score (nSPS) is 24.9. The van der Waals surface area contributed by atoms with Gasteiger partial charge in [-0.2, -0.15) is 17.4 Å². The molecule has 0 radical (unpaired) electrons. The molecular formula is C14H27N3O5S. The van der Waals surface area contributed by atoms with E-state index in [1.807, 2.05) is 4.90 Å². The van der Waals surface area contributed by atoms with Gasteiger partial charge in [0.1, 0.15) is 0 Å². The maximum Gasteiger partial charge on any atom is 0.317 e. The fourth-order valence-electron chi connectivity index (χ4n) is 2.77. The van der Waals surface area contributed by atoms with E-state index in [0.717, 1.165) is 6.54 Å².